The third-order valence-corrected chi connectivity index (χ3v) is 3.20. The van der Waals surface area contributed by atoms with Crippen LogP contribution in [0.4, 0.5) is 14.5 Å². The Bertz CT molecular complexity index is 534. The van der Waals surface area contributed by atoms with Crippen LogP contribution in [0.1, 0.15) is 19.8 Å². The lowest BCUT2D eigenvalue weighted by atomic mass is 10.2. The molecule has 0 spiro atoms. The Kier molecular flexibility index (Phi) is 4.32. The first-order valence-corrected chi connectivity index (χ1v) is 6.56. The summed E-state index contributed by atoms with van der Waals surface area (Å²) >= 11 is 0. The van der Waals surface area contributed by atoms with Crippen LogP contribution in [-0.4, -0.2) is 18.4 Å². The highest BCUT2D eigenvalue weighted by molar-refractivity contribution is 5.99. The Balaban J connectivity index is 1.87. The van der Waals surface area contributed by atoms with Gasteiger partial charge in [0.15, 0.2) is 11.6 Å². The predicted molar refractivity (Wildman–Crippen MR) is 69.9 cm³/mol. The standard InChI is InChI=1S/C14H16F2N2O2/c1-2-5-17-13(19)9-7-10(9)14(20)18-8-3-4-11(15)12(16)6-8/h3-4,6,9-10H,2,5,7H2,1H3,(H,17,19)(H,18,20). The van der Waals surface area contributed by atoms with Crippen molar-refractivity contribution >= 4 is 17.5 Å². The Labute approximate surface area is 115 Å². The Morgan fingerprint density at radius 3 is 2.55 bits per heavy atom. The minimum Gasteiger partial charge on any atom is -0.356 e. The van der Waals surface area contributed by atoms with Crippen molar-refractivity contribution in [2.24, 2.45) is 11.8 Å². The average Bonchev–Trinajstić information content (AvgIpc) is 3.20. The first-order chi connectivity index (χ1) is 9.52. The number of halogens is 2. The molecule has 1 fully saturated rings. The van der Waals surface area contributed by atoms with Crippen LogP contribution in [0.25, 0.3) is 0 Å². The lowest BCUT2D eigenvalue weighted by Gasteiger charge is -2.06. The van der Waals surface area contributed by atoms with Gasteiger partial charge < -0.3 is 10.6 Å². The Hall–Kier alpha value is -1.98. The van der Waals surface area contributed by atoms with Crippen LogP contribution < -0.4 is 10.6 Å². The van der Waals surface area contributed by atoms with Crippen molar-refractivity contribution in [1.82, 2.24) is 5.32 Å². The minimum absolute atomic E-state index is 0.128. The van der Waals surface area contributed by atoms with E-state index in [1.165, 1.54) is 6.07 Å². The van der Waals surface area contributed by atoms with Gasteiger partial charge in [0, 0.05) is 18.3 Å². The summed E-state index contributed by atoms with van der Waals surface area (Å²) in [6.07, 6.45) is 1.33. The fourth-order valence-electron chi connectivity index (χ4n) is 1.96. The smallest absolute Gasteiger partial charge is 0.228 e. The van der Waals surface area contributed by atoms with E-state index in [0.717, 1.165) is 18.6 Å². The Morgan fingerprint density at radius 1 is 1.20 bits per heavy atom. The molecule has 4 nitrogen and oxygen atoms in total. The van der Waals surface area contributed by atoms with Gasteiger partial charge in [0.05, 0.1) is 11.8 Å². The van der Waals surface area contributed by atoms with Crippen LogP contribution in [0.3, 0.4) is 0 Å². The molecule has 0 heterocycles. The average molecular weight is 282 g/mol. The van der Waals surface area contributed by atoms with Crippen molar-refractivity contribution in [2.75, 3.05) is 11.9 Å². The van der Waals surface area contributed by atoms with E-state index in [1.54, 1.807) is 0 Å². The fraction of sp³-hybridized carbons (Fsp3) is 0.429. The Morgan fingerprint density at radius 2 is 1.90 bits per heavy atom. The molecule has 1 aliphatic rings. The van der Waals surface area contributed by atoms with E-state index in [1.807, 2.05) is 6.92 Å². The van der Waals surface area contributed by atoms with Crippen molar-refractivity contribution in [3.8, 4) is 0 Å². The molecule has 1 aromatic carbocycles. The van der Waals surface area contributed by atoms with E-state index in [4.69, 9.17) is 0 Å². The molecule has 2 atom stereocenters. The molecule has 1 saturated carbocycles. The number of rotatable bonds is 5. The largest absolute Gasteiger partial charge is 0.356 e. The second-order valence-corrected chi connectivity index (χ2v) is 4.86. The van der Waals surface area contributed by atoms with Crippen LogP contribution in [0, 0.1) is 23.5 Å². The summed E-state index contributed by atoms with van der Waals surface area (Å²) in [5, 5.41) is 5.22. The summed E-state index contributed by atoms with van der Waals surface area (Å²) in [5.41, 5.74) is 0.188. The molecule has 0 aliphatic heterocycles. The molecule has 108 valence electrons. The van der Waals surface area contributed by atoms with Gasteiger partial charge in [0.25, 0.3) is 0 Å². The zero-order valence-corrected chi connectivity index (χ0v) is 11.1. The first-order valence-electron chi connectivity index (χ1n) is 6.56. The summed E-state index contributed by atoms with van der Waals surface area (Å²) in [4.78, 5) is 23.5. The van der Waals surface area contributed by atoms with Gasteiger partial charge >= 0.3 is 0 Å². The van der Waals surface area contributed by atoms with Crippen LogP contribution >= 0.6 is 0 Å². The van der Waals surface area contributed by atoms with Crippen molar-refractivity contribution in [2.45, 2.75) is 19.8 Å². The lowest BCUT2D eigenvalue weighted by molar-refractivity contribution is -0.125. The molecule has 0 saturated heterocycles. The van der Waals surface area contributed by atoms with E-state index >= 15 is 0 Å². The maximum atomic E-state index is 13.0. The third kappa shape index (κ3) is 3.31. The molecule has 2 amide bonds. The van der Waals surface area contributed by atoms with Gasteiger partial charge in [-0.15, -0.1) is 0 Å². The second-order valence-electron chi connectivity index (χ2n) is 4.86. The molecule has 2 N–H and O–H groups in total. The number of benzene rings is 1. The number of hydrogen-bond donors (Lipinski definition) is 2. The molecule has 0 radical (unpaired) electrons. The van der Waals surface area contributed by atoms with Gasteiger partial charge in [-0.25, -0.2) is 8.78 Å². The SMILES string of the molecule is CCCNC(=O)C1CC1C(=O)Nc1ccc(F)c(F)c1. The highest BCUT2D eigenvalue weighted by atomic mass is 19.2. The molecular weight excluding hydrogens is 266 g/mol. The van der Waals surface area contributed by atoms with Gasteiger partial charge in [-0.05, 0) is 25.0 Å². The van der Waals surface area contributed by atoms with Gasteiger partial charge in [0.2, 0.25) is 11.8 Å². The van der Waals surface area contributed by atoms with Crippen LogP contribution in [0.5, 0.6) is 0 Å². The maximum absolute atomic E-state index is 13.0. The van der Waals surface area contributed by atoms with Crippen molar-refractivity contribution < 1.29 is 18.4 Å². The van der Waals surface area contributed by atoms with Crippen molar-refractivity contribution in [1.29, 1.82) is 0 Å². The van der Waals surface area contributed by atoms with E-state index < -0.39 is 11.6 Å². The first kappa shape index (κ1) is 14.4. The zero-order valence-electron chi connectivity index (χ0n) is 11.1. The summed E-state index contributed by atoms with van der Waals surface area (Å²) < 4.78 is 25.8. The normalized spacial score (nSPS) is 20.4. The number of anilines is 1. The van der Waals surface area contributed by atoms with Crippen molar-refractivity contribution in [3.63, 3.8) is 0 Å². The van der Waals surface area contributed by atoms with Crippen LogP contribution in [-0.2, 0) is 9.59 Å². The lowest BCUT2D eigenvalue weighted by Crippen LogP contribution is -2.28. The highest BCUT2D eigenvalue weighted by Crippen LogP contribution is 2.39. The second kappa shape index (κ2) is 5.98. The number of hydrogen-bond acceptors (Lipinski definition) is 2. The van der Waals surface area contributed by atoms with Gasteiger partial charge in [-0.2, -0.15) is 0 Å². The summed E-state index contributed by atoms with van der Waals surface area (Å²) in [5.74, 6) is -3.15. The van der Waals surface area contributed by atoms with Gasteiger partial charge in [-0.3, -0.25) is 9.59 Å². The number of carbonyl (C=O) groups is 2. The monoisotopic (exact) mass is 282 g/mol. The third-order valence-electron chi connectivity index (χ3n) is 3.20. The van der Waals surface area contributed by atoms with Gasteiger partial charge in [-0.1, -0.05) is 6.92 Å². The maximum Gasteiger partial charge on any atom is 0.228 e. The predicted octanol–water partition coefficient (Wildman–Crippen LogP) is 2.07. The molecule has 2 unspecified atom stereocenters. The van der Waals surface area contributed by atoms with E-state index in [0.29, 0.717) is 13.0 Å². The topological polar surface area (TPSA) is 58.2 Å². The highest BCUT2D eigenvalue weighted by Gasteiger charge is 2.47. The molecule has 0 aromatic heterocycles. The minimum atomic E-state index is -1.02. The fourth-order valence-corrected chi connectivity index (χ4v) is 1.96. The van der Waals surface area contributed by atoms with E-state index in [-0.39, 0.29) is 29.3 Å². The van der Waals surface area contributed by atoms with Crippen molar-refractivity contribution in [3.05, 3.63) is 29.8 Å². The van der Waals surface area contributed by atoms with Crippen LogP contribution in [0.2, 0.25) is 0 Å². The molecule has 1 aromatic rings. The quantitative estimate of drug-likeness (QED) is 0.868. The zero-order chi connectivity index (χ0) is 14.7. The number of nitrogens with one attached hydrogen (secondary N) is 2. The molecule has 2 rings (SSSR count). The number of amides is 2. The van der Waals surface area contributed by atoms with Gasteiger partial charge in [0.1, 0.15) is 0 Å². The summed E-state index contributed by atoms with van der Waals surface area (Å²) in [7, 11) is 0. The van der Waals surface area contributed by atoms with E-state index in [9.17, 15) is 18.4 Å². The summed E-state index contributed by atoms with van der Waals surface area (Å²) in [6, 6.07) is 3.15. The van der Waals surface area contributed by atoms with E-state index in [2.05, 4.69) is 10.6 Å². The van der Waals surface area contributed by atoms with Crippen LogP contribution in [0.15, 0.2) is 18.2 Å². The molecule has 6 heteroatoms. The molecule has 0 bridgehead atoms. The molecule has 20 heavy (non-hydrogen) atoms. The summed E-state index contributed by atoms with van der Waals surface area (Å²) in [6.45, 7) is 2.54. The molecular formula is C14H16F2N2O2. The number of carbonyl (C=O) groups excluding carboxylic acids is 2. The molecule has 1 aliphatic carbocycles.